The quantitative estimate of drug-likeness (QED) is 0.760. The summed E-state index contributed by atoms with van der Waals surface area (Å²) in [6.45, 7) is 0.621. The number of nitrogens with one attached hydrogen (secondary N) is 2. The molecule has 3 N–H and O–H groups in total. The van der Waals surface area contributed by atoms with Crippen LogP contribution in [0.3, 0.4) is 0 Å². The third-order valence-electron chi connectivity index (χ3n) is 5.88. The van der Waals surface area contributed by atoms with Crippen LogP contribution in [-0.2, 0) is 9.59 Å². The van der Waals surface area contributed by atoms with E-state index in [1.165, 1.54) is 5.56 Å². The van der Waals surface area contributed by atoms with Crippen LogP contribution < -0.4 is 10.6 Å². The van der Waals surface area contributed by atoms with Crippen LogP contribution in [0.25, 0.3) is 0 Å². The molecule has 1 aliphatic carbocycles. The molecule has 1 aliphatic heterocycles. The SMILES string of the molecule is O=C(O)C1CCC(c2ccc(NC(=O)C3CNc4ccccc43)cc2)CC1. The molecule has 27 heavy (non-hydrogen) atoms. The lowest BCUT2D eigenvalue weighted by atomic mass is 9.79. The molecule has 1 amide bonds. The molecule has 0 spiro atoms. The van der Waals surface area contributed by atoms with Crippen molar-refractivity contribution in [2.75, 3.05) is 17.2 Å². The summed E-state index contributed by atoms with van der Waals surface area (Å²) in [5.74, 6) is -0.622. The molecule has 2 aliphatic rings. The van der Waals surface area contributed by atoms with Gasteiger partial charge in [0.25, 0.3) is 0 Å². The molecule has 0 aromatic heterocycles. The molecule has 0 saturated heterocycles. The van der Waals surface area contributed by atoms with Gasteiger partial charge >= 0.3 is 5.97 Å². The van der Waals surface area contributed by atoms with Crippen LogP contribution in [0.2, 0.25) is 0 Å². The fourth-order valence-corrected chi connectivity index (χ4v) is 4.26. The molecule has 5 heteroatoms. The maximum absolute atomic E-state index is 12.7. The summed E-state index contributed by atoms with van der Waals surface area (Å²) < 4.78 is 0. The Kier molecular flexibility index (Phi) is 4.84. The smallest absolute Gasteiger partial charge is 0.306 e. The van der Waals surface area contributed by atoms with Crippen molar-refractivity contribution >= 4 is 23.3 Å². The van der Waals surface area contributed by atoms with Gasteiger partial charge in [0.15, 0.2) is 0 Å². The molecular formula is C22H24N2O3. The molecule has 1 unspecified atom stereocenters. The van der Waals surface area contributed by atoms with E-state index in [-0.39, 0.29) is 17.7 Å². The normalized spacial score (nSPS) is 23.9. The van der Waals surface area contributed by atoms with E-state index in [1.807, 2.05) is 36.4 Å². The number of carbonyl (C=O) groups excluding carboxylic acids is 1. The molecule has 2 aromatic rings. The lowest BCUT2D eigenvalue weighted by molar-refractivity contribution is -0.142. The summed E-state index contributed by atoms with van der Waals surface area (Å²) in [6.07, 6.45) is 3.31. The van der Waals surface area contributed by atoms with Gasteiger partial charge in [-0.15, -0.1) is 0 Å². The molecule has 0 radical (unpaired) electrons. The lowest BCUT2D eigenvalue weighted by Crippen LogP contribution is -2.22. The minimum Gasteiger partial charge on any atom is -0.481 e. The van der Waals surface area contributed by atoms with Crippen molar-refractivity contribution in [2.24, 2.45) is 5.92 Å². The van der Waals surface area contributed by atoms with Gasteiger partial charge in [0, 0.05) is 17.9 Å². The van der Waals surface area contributed by atoms with Crippen molar-refractivity contribution in [3.63, 3.8) is 0 Å². The number of aliphatic carboxylic acids is 1. The highest BCUT2D eigenvalue weighted by Crippen LogP contribution is 2.36. The van der Waals surface area contributed by atoms with E-state index in [9.17, 15) is 9.59 Å². The van der Waals surface area contributed by atoms with E-state index < -0.39 is 5.97 Å². The Morgan fingerprint density at radius 2 is 1.67 bits per heavy atom. The summed E-state index contributed by atoms with van der Waals surface area (Å²) >= 11 is 0. The van der Waals surface area contributed by atoms with Crippen molar-refractivity contribution in [3.05, 3.63) is 59.7 Å². The van der Waals surface area contributed by atoms with E-state index in [1.54, 1.807) is 0 Å². The predicted octanol–water partition coefficient (Wildman–Crippen LogP) is 4.19. The summed E-state index contributed by atoms with van der Waals surface area (Å²) in [7, 11) is 0. The number of carbonyl (C=O) groups is 2. The minimum absolute atomic E-state index is 0.00201. The van der Waals surface area contributed by atoms with Crippen molar-refractivity contribution in [1.82, 2.24) is 0 Å². The van der Waals surface area contributed by atoms with Crippen LogP contribution in [0, 0.1) is 5.92 Å². The molecule has 5 nitrogen and oxygen atoms in total. The number of rotatable bonds is 4. The van der Waals surface area contributed by atoms with Gasteiger partial charge in [-0.25, -0.2) is 0 Å². The molecule has 1 saturated carbocycles. The number of amides is 1. The average molecular weight is 364 g/mol. The van der Waals surface area contributed by atoms with Crippen LogP contribution >= 0.6 is 0 Å². The van der Waals surface area contributed by atoms with Crippen LogP contribution in [0.5, 0.6) is 0 Å². The van der Waals surface area contributed by atoms with Gasteiger partial charge in [-0.05, 0) is 60.9 Å². The summed E-state index contributed by atoms with van der Waals surface area (Å²) in [5, 5.41) is 15.4. The maximum Gasteiger partial charge on any atom is 0.306 e. The predicted molar refractivity (Wildman–Crippen MR) is 105 cm³/mol. The van der Waals surface area contributed by atoms with Crippen molar-refractivity contribution < 1.29 is 14.7 Å². The largest absolute Gasteiger partial charge is 0.481 e. The lowest BCUT2D eigenvalue weighted by Gasteiger charge is -2.26. The van der Waals surface area contributed by atoms with Gasteiger partial charge in [0.2, 0.25) is 5.91 Å². The van der Waals surface area contributed by atoms with Crippen LogP contribution in [-0.4, -0.2) is 23.5 Å². The van der Waals surface area contributed by atoms with Gasteiger partial charge in [0.05, 0.1) is 11.8 Å². The van der Waals surface area contributed by atoms with Gasteiger partial charge < -0.3 is 15.7 Å². The molecule has 4 rings (SSSR count). The van der Waals surface area contributed by atoms with Gasteiger partial charge in [-0.1, -0.05) is 30.3 Å². The highest BCUT2D eigenvalue weighted by molar-refractivity contribution is 5.98. The molecule has 140 valence electrons. The van der Waals surface area contributed by atoms with Crippen LogP contribution in [0.4, 0.5) is 11.4 Å². The Morgan fingerprint density at radius 1 is 0.963 bits per heavy atom. The van der Waals surface area contributed by atoms with Crippen molar-refractivity contribution in [1.29, 1.82) is 0 Å². The maximum atomic E-state index is 12.7. The molecule has 1 heterocycles. The van der Waals surface area contributed by atoms with E-state index >= 15 is 0 Å². The Balaban J connectivity index is 1.37. The number of hydrogen-bond acceptors (Lipinski definition) is 3. The molecular weight excluding hydrogens is 340 g/mol. The van der Waals surface area contributed by atoms with E-state index in [4.69, 9.17) is 5.11 Å². The first-order valence-corrected chi connectivity index (χ1v) is 9.58. The highest BCUT2D eigenvalue weighted by atomic mass is 16.4. The summed E-state index contributed by atoms with van der Waals surface area (Å²) in [5.41, 5.74) is 4.10. The van der Waals surface area contributed by atoms with Gasteiger partial charge in [-0.2, -0.15) is 0 Å². The van der Waals surface area contributed by atoms with E-state index in [2.05, 4.69) is 22.8 Å². The molecule has 1 atom stereocenters. The Bertz CT molecular complexity index is 839. The molecule has 2 aromatic carbocycles. The van der Waals surface area contributed by atoms with Gasteiger partial charge in [0.1, 0.15) is 0 Å². The number of hydrogen-bond donors (Lipinski definition) is 3. The average Bonchev–Trinajstić information content (AvgIpc) is 3.13. The Morgan fingerprint density at radius 3 is 2.37 bits per heavy atom. The van der Waals surface area contributed by atoms with Gasteiger partial charge in [-0.3, -0.25) is 9.59 Å². The number of anilines is 2. The second-order valence-electron chi connectivity index (χ2n) is 7.52. The zero-order valence-electron chi connectivity index (χ0n) is 15.2. The second-order valence-corrected chi connectivity index (χ2v) is 7.52. The van der Waals surface area contributed by atoms with Crippen LogP contribution in [0.1, 0.15) is 48.6 Å². The first kappa shape index (κ1) is 17.6. The first-order valence-electron chi connectivity index (χ1n) is 9.58. The highest BCUT2D eigenvalue weighted by Gasteiger charge is 2.29. The topological polar surface area (TPSA) is 78.4 Å². The zero-order valence-corrected chi connectivity index (χ0v) is 15.2. The zero-order chi connectivity index (χ0) is 18.8. The number of benzene rings is 2. The second kappa shape index (κ2) is 7.43. The Labute approximate surface area is 158 Å². The Hall–Kier alpha value is -2.82. The number of carboxylic acid groups (broad SMARTS) is 1. The minimum atomic E-state index is -0.672. The fourth-order valence-electron chi connectivity index (χ4n) is 4.26. The van der Waals surface area contributed by atoms with Crippen molar-refractivity contribution in [3.8, 4) is 0 Å². The van der Waals surface area contributed by atoms with Crippen LogP contribution in [0.15, 0.2) is 48.5 Å². The fraction of sp³-hybridized carbons (Fsp3) is 0.364. The summed E-state index contributed by atoms with van der Waals surface area (Å²) in [4.78, 5) is 23.7. The van der Waals surface area contributed by atoms with E-state index in [0.29, 0.717) is 12.5 Å². The van der Waals surface area contributed by atoms with Crippen molar-refractivity contribution in [2.45, 2.75) is 37.5 Å². The monoisotopic (exact) mass is 364 g/mol. The number of fused-ring (bicyclic) bond motifs is 1. The number of carboxylic acids is 1. The standard InChI is InChI=1S/C22H24N2O3/c25-21(19-13-23-20-4-2-1-3-18(19)20)24-17-11-9-15(10-12-17)14-5-7-16(8-6-14)22(26)27/h1-4,9-12,14,16,19,23H,5-8,13H2,(H,24,25)(H,26,27). The molecule has 1 fully saturated rings. The third kappa shape index (κ3) is 3.68. The molecule has 0 bridgehead atoms. The van der Waals surface area contributed by atoms with E-state index in [0.717, 1.165) is 42.6 Å². The summed E-state index contributed by atoms with van der Waals surface area (Å²) in [6, 6.07) is 15.9. The first-order chi connectivity index (χ1) is 13.1. The number of para-hydroxylation sites is 1. The third-order valence-corrected chi connectivity index (χ3v) is 5.88.